The van der Waals surface area contributed by atoms with Gasteiger partial charge in [-0.3, -0.25) is 14.4 Å². The number of carbonyl (C=O) groups excluding carboxylic acids is 3. The number of aromatic nitrogens is 1. The van der Waals surface area contributed by atoms with Gasteiger partial charge in [0.2, 0.25) is 0 Å². The molecule has 1 aromatic heterocycles. The molecule has 0 bridgehead atoms. The molecule has 8 heteroatoms. The van der Waals surface area contributed by atoms with Crippen LogP contribution in [-0.2, 0) is 27.4 Å². The molecule has 0 unspecified atom stereocenters. The van der Waals surface area contributed by atoms with Crippen LogP contribution in [-0.4, -0.2) is 45.4 Å². The van der Waals surface area contributed by atoms with Gasteiger partial charge in [0.1, 0.15) is 11.5 Å². The van der Waals surface area contributed by atoms with Crippen LogP contribution in [0, 0.1) is 5.82 Å². The minimum absolute atomic E-state index is 0.156. The summed E-state index contributed by atoms with van der Waals surface area (Å²) in [5.74, 6) is -1.55. The molecule has 226 valence electrons. The topological polar surface area (TPSA) is 88.8 Å². The molecule has 1 aliphatic rings. The molecule has 0 fully saturated rings. The number of fused-ring (bicyclic) bond motifs is 1. The lowest BCUT2D eigenvalue weighted by Crippen LogP contribution is -2.29. The molecule has 0 saturated carbocycles. The van der Waals surface area contributed by atoms with Crippen molar-refractivity contribution in [1.82, 2.24) is 9.47 Å². The highest BCUT2D eigenvalue weighted by molar-refractivity contribution is 6.07. The van der Waals surface area contributed by atoms with E-state index >= 15 is 0 Å². The van der Waals surface area contributed by atoms with Crippen molar-refractivity contribution in [2.24, 2.45) is 0 Å². The first-order chi connectivity index (χ1) is 21.2. The molecule has 0 spiro atoms. The lowest BCUT2D eigenvalue weighted by Gasteiger charge is -2.21. The molecule has 0 radical (unpaired) electrons. The Kier molecular flexibility index (Phi) is 9.20. The van der Waals surface area contributed by atoms with Gasteiger partial charge < -0.3 is 19.3 Å². The number of rotatable bonds is 10. The normalized spacial score (nSPS) is 13.4. The predicted octanol–water partition coefficient (Wildman–Crippen LogP) is 6.59. The summed E-state index contributed by atoms with van der Waals surface area (Å²) >= 11 is 0. The fourth-order valence-corrected chi connectivity index (χ4v) is 5.76. The third kappa shape index (κ3) is 6.40. The molecule has 1 atom stereocenters. The van der Waals surface area contributed by atoms with E-state index in [1.54, 1.807) is 18.2 Å². The SMILES string of the molecule is COC(=O)C[C@H](O)CC(=O)C=Cc1c(-c2ccc(F)cc2)c(-c2ccccc2)c(C(=O)N2Cc3ccccc3C2)n1C(C)C. The number of hydrogen-bond acceptors (Lipinski definition) is 5. The van der Waals surface area contributed by atoms with Gasteiger partial charge in [-0.1, -0.05) is 66.7 Å². The van der Waals surface area contributed by atoms with E-state index in [0.29, 0.717) is 41.2 Å². The van der Waals surface area contributed by atoms with Gasteiger partial charge in [-0.15, -0.1) is 0 Å². The number of ketones is 1. The smallest absolute Gasteiger partial charge is 0.308 e. The van der Waals surface area contributed by atoms with E-state index in [4.69, 9.17) is 0 Å². The van der Waals surface area contributed by atoms with Crippen LogP contribution in [0.4, 0.5) is 4.39 Å². The van der Waals surface area contributed by atoms with Gasteiger partial charge in [-0.05, 0) is 60.4 Å². The number of nitrogens with zero attached hydrogens (tertiary/aromatic N) is 2. The summed E-state index contributed by atoms with van der Waals surface area (Å²) in [4.78, 5) is 40.9. The Morgan fingerprint density at radius 3 is 2.05 bits per heavy atom. The van der Waals surface area contributed by atoms with Crippen molar-refractivity contribution in [3.05, 3.63) is 113 Å². The molecule has 7 nitrogen and oxygen atoms in total. The molecular formula is C36H35FN2O5. The Morgan fingerprint density at radius 1 is 0.864 bits per heavy atom. The fourth-order valence-electron chi connectivity index (χ4n) is 5.76. The average Bonchev–Trinajstić information content (AvgIpc) is 3.60. The molecule has 5 rings (SSSR count). The van der Waals surface area contributed by atoms with Crippen molar-refractivity contribution in [2.75, 3.05) is 7.11 Å². The number of aliphatic hydroxyl groups is 1. The van der Waals surface area contributed by atoms with E-state index < -0.39 is 23.7 Å². The maximum Gasteiger partial charge on any atom is 0.308 e. The molecule has 44 heavy (non-hydrogen) atoms. The van der Waals surface area contributed by atoms with E-state index in [1.165, 1.54) is 25.3 Å². The monoisotopic (exact) mass is 594 g/mol. The first-order valence-corrected chi connectivity index (χ1v) is 14.6. The van der Waals surface area contributed by atoms with Crippen molar-refractivity contribution in [1.29, 1.82) is 0 Å². The van der Waals surface area contributed by atoms with Crippen LogP contribution in [0.3, 0.4) is 0 Å². The van der Waals surface area contributed by atoms with E-state index in [2.05, 4.69) is 4.74 Å². The summed E-state index contributed by atoms with van der Waals surface area (Å²) < 4.78 is 20.6. The maximum atomic E-state index is 14.6. The standard InChI is InChI=1S/C36H35FN2O5/c1-23(2)39-31(18-17-29(40)19-30(41)20-32(42)44-3)33(25-13-15-28(37)16-14-25)34(24-9-5-4-6-10-24)35(39)36(43)38-21-26-11-7-8-12-27(26)22-38/h4-18,23,30,41H,19-22H2,1-3H3/t30-/m1/s1. The maximum absolute atomic E-state index is 14.6. The molecule has 1 N–H and O–H groups in total. The van der Waals surface area contributed by atoms with Gasteiger partial charge in [0, 0.05) is 36.7 Å². The number of esters is 1. The van der Waals surface area contributed by atoms with Crippen molar-refractivity contribution >= 4 is 23.7 Å². The zero-order valence-electron chi connectivity index (χ0n) is 25.0. The first-order valence-electron chi connectivity index (χ1n) is 14.6. The largest absolute Gasteiger partial charge is 0.469 e. The predicted molar refractivity (Wildman–Crippen MR) is 167 cm³/mol. The minimum atomic E-state index is -1.19. The van der Waals surface area contributed by atoms with Gasteiger partial charge in [0.25, 0.3) is 5.91 Å². The van der Waals surface area contributed by atoms with E-state index in [9.17, 15) is 23.9 Å². The quantitative estimate of drug-likeness (QED) is 0.165. The number of ether oxygens (including phenoxy) is 1. The molecule has 1 aliphatic heterocycles. The lowest BCUT2D eigenvalue weighted by molar-refractivity contribution is -0.143. The molecule has 2 heterocycles. The van der Waals surface area contributed by atoms with Gasteiger partial charge in [0.05, 0.1) is 25.3 Å². The van der Waals surface area contributed by atoms with Gasteiger partial charge in [-0.2, -0.15) is 0 Å². The number of allylic oxidation sites excluding steroid dienone is 1. The Bertz CT molecular complexity index is 1680. The molecule has 0 aliphatic carbocycles. The molecule has 3 aromatic carbocycles. The van der Waals surface area contributed by atoms with Crippen molar-refractivity contribution in [3.63, 3.8) is 0 Å². The molecule has 1 amide bonds. The number of carbonyl (C=O) groups is 3. The van der Waals surface area contributed by atoms with Crippen molar-refractivity contribution in [3.8, 4) is 22.3 Å². The number of amides is 1. The van der Waals surface area contributed by atoms with Crippen molar-refractivity contribution < 1.29 is 28.6 Å². The molecule has 4 aromatic rings. The van der Waals surface area contributed by atoms with Gasteiger partial charge in [0.15, 0.2) is 5.78 Å². The summed E-state index contributed by atoms with van der Waals surface area (Å²) in [5, 5.41) is 10.2. The summed E-state index contributed by atoms with van der Waals surface area (Å²) in [5.41, 5.74) is 6.12. The van der Waals surface area contributed by atoms with E-state index in [1.807, 2.05) is 77.9 Å². The van der Waals surface area contributed by atoms with Crippen LogP contribution in [0.2, 0.25) is 0 Å². The number of aliphatic hydroxyl groups excluding tert-OH is 1. The van der Waals surface area contributed by atoms with E-state index in [0.717, 1.165) is 16.7 Å². The van der Waals surface area contributed by atoms with Crippen LogP contribution in [0.25, 0.3) is 28.3 Å². The third-order valence-electron chi connectivity index (χ3n) is 7.78. The Morgan fingerprint density at radius 2 is 1.45 bits per heavy atom. The Balaban J connectivity index is 1.69. The summed E-state index contributed by atoms with van der Waals surface area (Å²) in [7, 11) is 1.22. The molecule has 0 saturated heterocycles. The van der Waals surface area contributed by atoms with Crippen LogP contribution in [0.5, 0.6) is 0 Å². The first kappa shape index (κ1) is 30.6. The number of hydrogen-bond donors (Lipinski definition) is 1. The van der Waals surface area contributed by atoms with E-state index in [-0.39, 0.29) is 24.8 Å². The van der Waals surface area contributed by atoms with Gasteiger partial charge in [-0.25, -0.2) is 4.39 Å². The second-order valence-electron chi connectivity index (χ2n) is 11.2. The van der Waals surface area contributed by atoms with Crippen LogP contribution < -0.4 is 0 Å². The summed E-state index contributed by atoms with van der Waals surface area (Å²) in [6.45, 7) is 4.89. The lowest BCUT2D eigenvalue weighted by atomic mass is 9.94. The van der Waals surface area contributed by atoms with Crippen LogP contribution in [0.1, 0.15) is 60.0 Å². The van der Waals surface area contributed by atoms with Crippen molar-refractivity contribution in [2.45, 2.75) is 51.9 Å². The number of halogens is 1. The zero-order valence-corrected chi connectivity index (χ0v) is 25.0. The minimum Gasteiger partial charge on any atom is -0.469 e. The summed E-state index contributed by atoms with van der Waals surface area (Å²) in [6, 6.07) is 23.4. The highest BCUT2D eigenvalue weighted by atomic mass is 19.1. The fraction of sp³-hybridized carbons (Fsp3) is 0.250. The van der Waals surface area contributed by atoms with Crippen LogP contribution in [0.15, 0.2) is 84.9 Å². The molecular weight excluding hydrogens is 559 g/mol. The number of benzene rings is 3. The third-order valence-corrected chi connectivity index (χ3v) is 7.78. The number of methoxy groups -OCH3 is 1. The zero-order chi connectivity index (χ0) is 31.4. The highest BCUT2D eigenvalue weighted by Crippen LogP contribution is 2.43. The average molecular weight is 595 g/mol. The Hall–Kier alpha value is -4.82. The van der Waals surface area contributed by atoms with Crippen LogP contribution >= 0.6 is 0 Å². The second-order valence-corrected chi connectivity index (χ2v) is 11.2. The second kappa shape index (κ2) is 13.2. The van der Waals surface area contributed by atoms with Gasteiger partial charge >= 0.3 is 5.97 Å². The highest BCUT2D eigenvalue weighted by Gasteiger charge is 2.33. The Labute approximate surface area is 256 Å². The summed E-state index contributed by atoms with van der Waals surface area (Å²) in [6.07, 6.45) is 1.24.